The monoisotopic (exact) mass is 476 g/mol. The van der Waals surface area contributed by atoms with Crippen LogP contribution in [0, 0.1) is 11.8 Å². The molecule has 9 nitrogen and oxygen atoms in total. The van der Waals surface area contributed by atoms with Crippen molar-refractivity contribution in [3.05, 3.63) is 35.4 Å². The maximum absolute atomic E-state index is 6.38. The smallest absolute Gasteiger partial charge is 0.203 e. The fourth-order valence-corrected chi connectivity index (χ4v) is 5.10. The van der Waals surface area contributed by atoms with Crippen LogP contribution in [0.3, 0.4) is 0 Å². The van der Waals surface area contributed by atoms with Gasteiger partial charge in [-0.3, -0.25) is 0 Å². The lowest BCUT2D eigenvalue weighted by atomic mass is 9.82. The maximum atomic E-state index is 6.38. The molecule has 0 radical (unpaired) electrons. The van der Waals surface area contributed by atoms with E-state index in [1.807, 2.05) is 24.3 Å². The van der Waals surface area contributed by atoms with Crippen molar-refractivity contribution in [2.75, 3.05) is 63.0 Å². The molecule has 0 aromatic heterocycles. The van der Waals surface area contributed by atoms with Crippen molar-refractivity contribution in [3.63, 3.8) is 0 Å². The average Bonchev–Trinajstić information content (AvgIpc) is 3.47. The average molecular weight is 477 g/mol. The molecular weight excluding hydrogens is 444 g/mol. The summed E-state index contributed by atoms with van der Waals surface area (Å²) in [4.78, 5) is 0. The molecule has 186 valence electrons. The molecule has 2 aliphatic rings. The van der Waals surface area contributed by atoms with E-state index in [0.29, 0.717) is 47.7 Å². The van der Waals surface area contributed by atoms with E-state index in [1.54, 1.807) is 49.8 Å². The van der Waals surface area contributed by atoms with Crippen LogP contribution in [0.25, 0.3) is 0 Å². The molecule has 0 bridgehead atoms. The van der Waals surface area contributed by atoms with Crippen LogP contribution in [0.2, 0.25) is 0 Å². The Morgan fingerprint density at radius 1 is 0.676 bits per heavy atom. The first kappa shape index (κ1) is 24.3. The second kappa shape index (κ2) is 9.77. The lowest BCUT2D eigenvalue weighted by Crippen LogP contribution is -2.36. The van der Waals surface area contributed by atoms with Gasteiger partial charge < -0.3 is 42.6 Å². The Kier molecular flexibility index (Phi) is 6.97. The van der Waals surface area contributed by atoms with Gasteiger partial charge in [-0.2, -0.15) is 0 Å². The molecule has 9 heteroatoms. The number of fused-ring (bicyclic) bond motifs is 1. The van der Waals surface area contributed by atoms with E-state index < -0.39 is 5.79 Å². The van der Waals surface area contributed by atoms with Gasteiger partial charge in [-0.05, 0) is 29.8 Å². The third-order valence-corrected chi connectivity index (χ3v) is 6.73. The van der Waals surface area contributed by atoms with Gasteiger partial charge in [0.15, 0.2) is 28.8 Å². The van der Waals surface area contributed by atoms with Gasteiger partial charge in [0.1, 0.15) is 0 Å². The Labute approximate surface area is 199 Å². The van der Waals surface area contributed by atoms with Crippen LogP contribution in [0.5, 0.6) is 34.5 Å². The Bertz CT molecular complexity index is 973. The molecule has 4 rings (SSSR count). The van der Waals surface area contributed by atoms with E-state index in [0.717, 1.165) is 11.1 Å². The van der Waals surface area contributed by atoms with Gasteiger partial charge in [-0.25, -0.2) is 0 Å². The summed E-state index contributed by atoms with van der Waals surface area (Å²) in [6.07, 6.45) is -0.238. The molecule has 2 aliphatic heterocycles. The third-order valence-electron chi connectivity index (χ3n) is 6.73. The highest BCUT2D eigenvalue weighted by Gasteiger charge is 2.58. The van der Waals surface area contributed by atoms with Crippen LogP contribution in [-0.4, -0.2) is 63.0 Å². The second-order valence-electron chi connectivity index (χ2n) is 8.08. The molecule has 0 N–H and O–H groups in total. The molecular formula is C25H32O9. The molecule has 0 amide bonds. The van der Waals surface area contributed by atoms with Crippen LogP contribution in [0.4, 0.5) is 0 Å². The molecule has 0 saturated carbocycles. The first-order valence-electron chi connectivity index (χ1n) is 10.9. The predicted octanol–water partition coefficient (Wildman–Crippen LogP) is 3.57. The minimum atomic E-state index is -1.03. The van der Waals surface area contributed by atoms with Gasteiger partial charge in [0.2, 0.25) is 11.5 Å². The van der Waals surface area contributed by atoms with Crippen LogP contribution in [0.1, 0.15) is 17.2 Å². The fourth-order valence-electron chi connectivity index (χ4n) is 5.10. The summed E-state index contributed by atoms with van der Waals surface area (Å²) < 4.78 is 51.9. The van der Waals surface area contributed by atoms with Gasteiger partial charge in [0, 0.05) is 24.5 Å². The minimum Gasteiger partial charge on any atom is -0.493 e. The molecule has 2 aromatic carbocycles. The molecule has 4 atom stereocenters. The van der Waals surface area contributed by atoms with E-state index in [2.05, 4.69) is 0 Å². The molecule has 2 saturated heterocycles. The summed E-state index contributed by atoms with van der Waals surface area (Å²) in [5.41, 5.74) is 1.69. The highest BCUT2D eigenvalue weighted by molar-refractivity contribution is 5.56. The summed E-state index contributed by atoms with van der Waals surface area (Å²) in [6.45, 7) is 0.882. The number of methoxy groups -OCH3 is 7. The summed E-state index contributed by atoms with van der Waals surface area (Å²) in [6, 6.07) is 7.56. The number of benzene rings is 2. The van der Waals surface area contributed by atoms with E-state index in [1.165, 1.54) is 0 Å². The molecule has 2 aromatic rings. The van der Waals surface area contributed by atoms with E-state index in [9.17, 15) is 0 Å². The zero-order chi connectivity index (χ0) is 24.5. The van der Waals surface area contributed by atoms with Crippen LogP contribution < -0.4 is 28.4 Å². The van der Waals surface area contributed by atoms with Crippen molar-refractivity contribution in [1.82, 2.24) is 0 Å². The highest BCUT2D eigenvalue weighted by Crippen LogP contribution is 2.56. The SMILES string of the molecule is COc1cc([C@@H]2OC[C@H]3[C@@H]2CO[C@@]3(OC)c2cc(OC)c(OC)c(OC)c2)cc(OC)c1OC. The molecule has 2 fully saturated rings. The molecule has 0 spiro atoms. The number of hydrogen-bond acceptors (Lipinski definition) is 9. The van der Waals surface area contributed by atoms with Crippen molar-refractivity contribution in [2.24, 2.45) is 11.8 Å². The van der Waals surface area contributed by atoms with E-state index >= 15 is 0 Å². The summed E-state index contributed by atoms with van der Waals surface area (Å²) >= 11 is 0. The van der Waals surface area contributed by atoms with Gasteiger partial charge >= 0.3 is 0 Å². The van der Waals surface area contributed by atoms with Gasteiger partial charge in [-0.15, -0.1) is 0 Å². The highest BCUT2D eigenvalue weighted by atomic mass is 16.7. The standard InChI is InChI=1S/C25H32O9/c1-26-18-8-14(9-19(27-2)23(18)30-5)22-16-12-34-25(32-7,17(16)13-33-22)15-10-20(28-3)24(31-6)21(11-15)29-4/h8-11,16-17,22H,12-13H2,1-7H3/t16-,17-,22-,25-/m0/s1. The number of rotatable bonds is 9. The summed E-state index contributed by atoms with van der Waals surface area (Å²) in [5.74, 6) is 2.16. The lowest BCUT2D eigenvalue weighted by molar-refractivity contribution is -0.230. The zero-order valence-electron chi connectivity index (χ0n) is 20.6. The molecule has 0 unspecified atom stereocenters. The van der Waals surface area contributed by atoms with Crippen molar-refractivity contribution in [2.45, 2.75) is 11.9 Å². The minimum absolute atomic E-state index is 0.0295. The van der Waals surface area contributed by atoms with E-state index in [4.69, 9.17) is 42.6 Å². The Morgan fingerprint density at radius 3 is 1.62 bits per heavy atom. The largest absolute Gasteiger partial charge is 0.493 e. The Balaban J connectivity index is 1.73. The predicted molar refractivity (Wildman–Crippen MR) is 123 cm³/mol. The van der Waals surface area contributed by atoms with Crippen LogP contribution in [0.15, 0.2) is 24.3 Å². The van der Waals surface area contributed by atoms with Crippen molar-refractivity contribution in [1.29, 1.82) is 0 Å². The van der Waals surface area contributed by atoms with Crippen LogP contribution in [-0.2, 0) is 20.0 Å². The second-order valence-corrected chi connectivity index (χ2v) is 8.08. The molecule has 0 aliphatic carbocycles. The van der Waals surface area contributed by atoms with Crippen molar-refractivity contribution in [3.8, 4) is 34.5 Å². The first-order chi connectivity index (χ1) is 16.5. The summed E-state index contributed by atoms with van der Waals surface area (Å²) in [7, 11) is 11.1. The molecule has 2 heterocycles. The molecule has 34 heavy (non-hydrogen) atoms. The topological polar surface area (TPSA) is 83.1 Å². The Morgan fingerprint density at radius 2 is 1.18 bits per heavy atom. The quantitative estimate of drug-likeness (QED) is 0.539. The van der Waals surface area contributed by atoms with Crippen LogP contribution >= 0.6 is 0 Å². The van der Waals surface area contributed by atoms with Gasteiger partial charge in [0.25, 0.3) is 0 Å². The Hall–Kier alpha value is -2.88. The summed E-state index contributed by atoms with van der Waals surface area (Å²) in [5, 5.41) is 0. The third kappa shape index (κ3) is 3.68. The maximum Gasteiger partial charge on any atom is 0.203 e. The zero-order valence-corrected chi connectivity index (χ0v) is 20.6. The van der Waals surface area contributed by atoms with Gasteiger partial charge in [0.05, 0.1) is 62.0 Å². The normalized spacial score (nSPS) is 25.6. The number of hydrogen-bond donors (Lipinski definition) is 0. The number of ether oxygens (including phenoxy) is 9. The fraction of sp³-hybridized carbons (Fsp3) is 0.520. The lowest BCUT2D eigenvalue weighted by Gasteiger charge is -2.33. The van der Waals surface area contributed by atoms with Crippen molar-refractivity contribution >= 4 is 0 Å². The van der Waals surface area contributed by atoms with Crippen molar-refractivity contribution < 1.29 is 42.6 Å². The van der Waals surface area contributed by atoms with Gasteiger partial charge in [-0.1, -0.05) is 0 Å². The van der Waals surface area contributed by atoms with E-state index in [-0.39, 0.29) is 17.9 Å². The first-order valence-corrected chi connectivity index (χ1v) is 10.9.